The zero-order valence-electron chi connectivity index (χ0n) is 16.6. The average Bonchev–Trinajstić information content (AvgIpc) is 2.80. The molecule has 0 unspecified atom stereocenters. The highest BCUT2D eigenvalue weighted by atomic mass is 16.5. The number of amides is 1. The minimum absolute atomic E-state index is 0.0374. The van der Waals surface area contributed by atoms with Gasteiger partial charge in [-0.3, -0.25) is 4.79 Å². The third kappa shape index (κ3) is 5.15. The number of hydrogen-bond acceptors (Lipinski definition) is 2. The Morgan fingerprint density at radius 2 is 1.20 bits per heavy atom. The van der Waals surface area contributed by atoms with Crippen LogP contribution in [0.1, 0.15) is 22.7 Å². The lowest BCUT2D eigenvalue weighted by atomic mass is 9.98. The smallest absolute Gasteiger partial charge is 0.225 e. The molecule has 0 aromatic heterocycles. The van der Waals surface area contributed by atoms with Crippen molar-refractivity contribution in [3.63, 3.8) is 0 Å². The Labute approximate surface area is 177 Å². The third-order valence-electron chi connectivity index (χ3n) is 4.81. The number of carbonyl (C=O) groups excluding carboxylic acids is 1. The van der Waals surface area contributed by atoms with Crippen LogP contribution in [0.3, 0.4) is 0 Å². The van der Waals surface area contributed by atoms with Gasteiger partial charge in [-0.1, -0.05) is 91.0 Å². The second-order valence-electron chi connectivity index (χ2n) is 7.06. The highest BCUT2D eigenvalue weighted by Gasteiger charge is 2.17. The summed E-state index contributed by atoms with van der Waals surface area (Å²) in [5, 5.41) is 3.19. The molecule has 4 rings (SSSR count). The van der Waals surface area contributed by atoms with Gasteiger partial charge in [0.25, 0.3) is 0 Å². The molecule has 0 aliphatic rings. The van der Waals surface area contributed by atoms with E-state index in [9.17, 15) is 4.79 Å². The topological polar surface area (TPSA) is 38.3 Å². The van der Waals surface area contributed by atoms with Crippen molar-refractivity contribution in [2.75, 3.05) is 0 Å². The second-order valence-corrected chi connectivity index (χ2v) is 7.06. The molecule has 4 aromatic carbocycles. The quantitative estimate of drug-likeness (QED) is 0.423. The minimum atomic E-state index is -0.191. The fraction of sp³-hybridized carbons (Fsp3) is 0.0741. The van der Waals surface area contributed by atoms with Crippen LogP contribution in [0.2, 0.25) is 0 Å². The summed E-state index contributed by atoms with van der Waals surface area (Å²) in [4.78, 5) is 12.9. The van der Waals surface area contributed by atoms with Crippen LogP contribution in [0.4, 0.5) is 0 Å². The van der Waals surface area contributed by atoms with Gasteiger partial charge in [-0.25, -0.2) is 0 Å². The molecule has 0 heterocycles. The molecule has 1 N–H and O–H groups in total. The lowest BCUT2D eigenvalue weighted by molar-refractivity contribution is -0.120. The average molecular weight is 393 g/mol. The summed E-state index contributed by atoms with van der Waals surface area (Å²) in [5.74, 6) is 1.45. The van der Waals surface area contributed by atoms with E-state index >= 15 is 0 Å². The molecule has 0 bridgehead atoms. The Balaban J connectivity index is 1.48. The Kier molecular flexibility index (Phi) is 6.21. The predicted octanol–water partition coefficient (Wildman–Crippen LogP) is 5.93. The number of nitrogens with one attached hydrogen (secondary N) is 1. The number of ether oxygens (including phenoxy) is 1. The van der Waals surface area contributed by atoms with Gasteiger partial charge < -0.3 is 10.1 Å². The highest BCUT2D eigenvalue weighted by Crippen LogP contribution is 2.24. The first-order valence-corrected chi connectivity index (χ1v) is 9.99. The van der Waals surface area contributed by atoms with E-state index in [1.165, 1.54) is 0 Å². The van der Waals surface area contributed by atoms with Crippen molar-refractivity contribution in [3.8, 4) is 11.5 Å². The van der Waals surface area contributed by atoms with Crippen molar-refractivity contribution >= 4 is 5.91 Å². The third-order valence-corrected chi connectivity index (χ3v) is 4.81. The Bertz CT molecular complexity index is 1040. The molecule has 3 heteroatoms. The summed E-state index contributed by atoms with van der Waals surface area (Å²) in [7, 11) is 0. The molecule has 0 atom stereocenters. The van der Waals surface area contributed by atoms with E-state index in [1.54, 1.807) is 0 Å². The van der Waals surface area contributed by atoms with E-state index in [2.05, 4.69) is 5.32 Å². The molecule has 0 aliphatic carbocycles. The van der Waals surface area contributed by atoms with E-state index in [-0.39, 0.29) is 18.4 Å². The maximum atomic E-state index is 12.9. The van der Waals surface area contributed by atoms with E-state index in [0.717, 1.165) is 22.4 Å². The van der Waals surface area contributed by atoms with Crippen LogP contribution in [0.25, 0.3) is 0 Å². The minimum Gasteiger partial charge on any atom is -0.457 e. The van der Waals surface area contributed by atoms with E-state index in [4.69, 9.17) is 4.74 Å². The SMILES string of the molecule is O=C(Cc1cccc(Oc2ccccc2)c1)NC(c1ccccc1)c1ccccc1. The molecule has 0 spiro atoms. The molecule has 0 saturated carbocycles. The molecule has 0 aliphatic heterocycles. The van der Waals surface area contributed by atoms with Crippen molar-refractivity contribution in [2.45, 2.75) is 12.5 Å². The molecular weight excluding hydrogens is 370 g/mol. The van der Waals surface area contributed by atoms with Crippen LogP contribution in [0.5, 0.6) is 11.5 Å². The number of benzene rings is 4. The summed E-state index contributed by atoms with van der Waals surface area (Å²) < 4.78 is 5.89. The first kappa shape index (κ1) is 19.5. The van der Waals surface area contributed by atoms with Crippen molar-refractivity contribution < 1.29 is 9.53 Å². The largest absolute Gasteiger partial charge is 0.457 e. The van der Waals surface area contributed by atoms with Crippen LogP contribution in [-0.2, 0) is 11.2 Å². The zero-order chi connectivity index (χ0) is 20.6. The van der Waals surface area contributed by atoms with E-state index in [0.29, 0.717) is 5.75 Å². The molecule has 0 saturated heterocycles. The lowest BCUT2D eigenvalue weighted by Gasteiger charge is -2.20. The van der Waals surface area contributed by atoms with E-state index in [1.807, 2.05) is 115 Å². The molecule has 1 amide bonds. The van der Waals surface area contributed by atoms with Gasteiger partial charge >= 0.3 is 0 Å². The standard InChI is InChI=1S/C27H23NO2/c29-26(20-21-11-10-18-25(19-21)30-24-16-8-3-9-17-24)28-27(22-12-4-1-5-13-22)23-14-6-2-7-15-23/h1-19,27H,20H2,(H,28,29). The van der Waals surface area contributed by atoms with Gasteiger partial charge in [-0.2, -0.15) is 0 Å². The van der Waals surface area contributed by atoms with Gasteiger partial charge in [-0.15, -0.1) is 0 Å². The summed E-state index contributed by atoms with van der Waals surface area (Å²) >= 11 is 0. The lowest BCUT2D eigenvalue weighted by Crippen LogP contribution is -2.30. The van der Waals surface area contributed by atoms with Crippen molar-refractivity contribution in [1.29, 1.82) is 0 Å². The molecule has 0 fully saturated rings. The van der Waals surface area contributed by atoms with Crippen LogP contribution < -0.4 is 10.1 Å². The van der Waals surface area contributed by atoms with E-state index < -0.39 is 0 Å². The zero-order valence-corrected chi connectivity index (χ0v) is 16.6. The Morgan fingerprint density at radius 1 is 0.667 bits per heavy atom. The number of para-hydroxylation sites is 1. The fourth-order valence-electron chi connectivity index (χ4n) is 3.39. The Hall–Kier alpha value is -3.85. The second kappa shape index (κ2) is 9.57. The molecular formula is C27H23NO2. The van der Waals surface area contributed by atoms with Gasteiger partial charge in [0.15, 0.2) is 0 Å². The molecule has 148 valence electrons. The predicted molar refractivity (Wildman–Crippen MR) is 120 cm³/mol. The number of hydrogen-bond donors (Lipinski definition) is 1. The first-order chi connectivity index (χ1) is 14.8. The van der Waals surface area contributed by atoms with Gasteiger partial charge in [0.05, 0.1) is 12.5 Å². The fourth-order valence-corrected chi connectivity index (χ4v) is 3.39. The Morgan fingerprint density at radius 3 is 1.80 bits per heavy atom. The molecule has 4 aromatic rings. The molecule has 0 radical (unpaired) electrons. The summed E-state index contributed by atoms with van der Waals surface area (Å²) in [6.45, 7) is 0. The highest BCUT2D eigenvalue weighted by molar-refractivity contribution is 5.79. The van der Waals surface area contributed by atoms with Crippen molar-refractivity contribution in [2.24, 2.45) is 0 Å². The molecule has 30 heavy (non-hydrogen) atoms. The summed E-state index contributed by atoms with van der Waals surface area (Å²) in [5.41, 5.74) is 3.01. The number of carbonyl (C=O) groups is 1. The van der Waals surface area contributed by atoms with Gasteiger partial charge in [-0.05, 0) is 41.0 Å². The van der Waals surface area contributed by atoms with Crippen molar-refractivity contribution in [1.82, 2.24) is 5.32 Å². The molecule has 3 nitrogen and oxygen atoms in total. The maximum absolute atomic E-state index is 12.9. The van der Waals surface area contributed by atoms with Gasteiger partial charge in [0.1, 0.15) is 11.5 Å². The first-order valence-electron chi connectivity index (χ1n) is 9.99. The van der Waals surface area contributed by atoms with Crippen molar-refractivity contribution in [3.05, 3.63) is 132 Å². The van der Waals surface area contributed by atoms with Crippen LogP contribution >= 0.6 is 0 Å². The summed E-state index contributed by atoms with van der Waals surface area (Å²) in [6, 6.07) is 37.1. The maximum Gasteiger partial charge on any atom is 0.225 e. The van der Waals surface area contributed by atoms with Gasteiger partial charge in [0, 0.05) is 0 Å². The van der Waals surface area contributed by atoms with Crippen LogP contribution in [0.15, 0.2) is 115 Å². The number of rotatable bonds is 7. The van der Waals surface area contributed by atoms with Crippen LogP contribution in [-0.4, -0.2) is 5.91 Å². The van der Waals surface area contributed by atoms with Gasteiger partial charge in [0.2, 0.25) is 5.91 Å². The monoisotopic (exact) mass is 393 g/mol. The van der Waals surface area contributed by atoms with Crippen LogP contribution in [0, 0.1) is 0 Å². The summed E-state index contributed by atoms with van der Waals surface area (Å²) in [6.07, 6.45) is 0.280. The normalized spacial score (nSPS) is 10.6.